The van der Waals surface area contributed by atoms with Crippen LogP contribution in [0.2, 0.25) is 0 Å². The fraction of sp³-hybridized carbons (Fsp3) is 0.459. The van der Waals surface area contributed by atoms with Crippen molar-refractivity contribution >= 4 is 40.3 Å². The third kappa shape index (κ3) is 11.5. The van der Waals surface area contributed by atoms with Crippen LogP contribution in [0.1, 0.15) is 96.2 Å². The number of aryl methyl sites for hydroxylation is 1. The highest BCUT2D eigenvalue weighted by Gasteiger charge is 2.36. The number of nitrogens with zero attached hydrogens (tertiary/aromatic N) is 1. The summed E-state index contributed by atoms with van der Waals surface area (Å²) in [6.07, 6.45) is 4.94. The standard InChI is InChI=1S/C37H50N4O5/c1-6-7-8-9-10-13-24-41(35(44)31(22-23-32(38)42)40-36(45)46-37(3,4)5)33(28-18-16-26(2)17-19-28)34(43)39-30-21-20-27-14-11-12-15-29(27)25-30/h11-12,14-21,25,31,33H,6-10,13,22-24H2,1-5H3,(H2,38,42)(H,39,43)(H,40,45). The third-order valence-corrected chi connectivity index (χ3v) is 7.67. The molecule has 3 aromatic carbocycles. The maximum Gasteiger partial charge on any atom is 0.408 e. The van der Waals surface area contributed by atoms with E-state index in [1.54, 1.807) is 20.8 Å². The minimum Gasteiger partial charge on any atom is -0.444 e. The molecule has 248 valence electrons. The number of hydrogen-bond donors (Lipinski definition) is 3. The molecule has 0 aliphatic carbocycles. The topological polar surface area (TPSA) is 131 Å². The van der Waals surface area contributed by atoms with Gasteiger partial charge in [0.1, 0.15) is 17.7 Å². The van der Waals surface area contributed by atoms with Crippen molar-refractivity contribution in [2.75, 3.05) is 11.9 Å². The van der Waals surface area contributed by atoms with Gasteiger partial charge in [-0.05, 0) is 69.0 Å². The van der Waals surface area contributed by atoms with Gasteiger partial charge in [-0.3, -0.25) is 14.4 Å². The molecular formula is C37H50N4O5. The molecule has 3 aromatic rings. The number of unbranched alkanes of at least 4 members (excludes halogenated alkanes) is 5. The number of carbonyl (C=O) groups excluding carboxylic acids is 4. The van der Waals surface area contributed by atoms with Crippen LogP contribution in [0.4, 0.5) is 10.5 Å². The van der Waals surface area contributed by atoms with E-state index in [-0.39, 0.29) is 25.3 Å². The molecule has 2 atom stereocenters. The smallest absolute Gasteiger partial charge is 0.408 e. The molecule has 3 rings (SSSR count). The zero-order valence-electron chi connectivity index (χ0n) is 27.9. The molecule has 0 aromatic heterocycles. The van der Waals surface area contributed by atoms with E-state index < -0.39 is 35.6 Å². The van der Waals surface area contributed by atoms with Crippen LogP contribution in [0, 0.1) is 6.92 Å². The number of rotatable bonds is 16. The van der Waals surface area contributed by atoms with E-state index in [1.165, 1.54) is 4.90 Å². The number of carbonyl (C=O) groups is 4. The van der Waals surface area contributed by atoms with Crippen LogP contribution >= 0.6 is 0 Å². The van der Waals surface area contributed by atoms with Gasteiger partial charge in [0.25, 0.3) is 5.91 Å². The molecule has 0 fully saturated rings. The molecule has 0 spiro atoms. The lowest BCUT2D eigenvalue weighted by Gasteiger charge is -2.34. The lowest BCUT2D eigenvalue weighted by molar-refractivity contribution is -0.141. The lowest BCUT2D eigenvalue weighted by Crippen LogP contribution is -2.52. The first kappa shape index (κ1) is 36.1. The Bertz CT molecular complexity index is 1460. The van der Waals surface area contributed by atoms with Crippen LogP contribution in [0.25, 0.3) is 10.8 Å². The van der Waals surface area contributed by atoms with Gasteiger partial charge in [-0.15, -0.1) is 0 Å². The van der Waals surface area contributed by atoms with Crippen molar-refractivity contribution in [2.45, 2.75) is 104 Å². The fourth-order valence-corrected chi connectivity index (χ4v) is 5.32. The number of hydrogen-bond acceptors (Lipinski definition) is 5. The minimum absolute atomic E-state index is 0.0344. The zero-order valence-corrected chi connectivity index (χ0v) is 27.9. The molecule has 0 aliphatic heterocycles. The molecule has 0 bridgehead atoms. The van der Waals surface area contributed by atoms with Crippen LogP contribution in [0.5, 0.6) is 0 Å². The number of primary amides is 1. The first-order chi connectivity index (χ1) is 21.9. The first-order valence-electron chi connectivity index (χ1n) is 16.3. The molecule has 9 nitrogen and oxygen atoms in total. The van der Waals surface area contributed by atoms with Crippen molar-refractivity contribution in [3.05, 3.63) is 77.9 Å². The van der Waals surface area contributed by atoms with Crippen molar-refractivity contribution in [2.24, 2.45) is 5.73 Å². The number of alkyl carbamates (subject to hydrolysis) is 1. The predicted octanol–water partition coefficient (Wildman–Crippen LogP) is 7.18. The average molecular weight is 631 g/mol. The van der Waals surface area contributed by atoms with Gasteiger partial charge in [0.05, 0.1) is 0 Å². The van der Waals surface area contributed by atoms with Crippen molar-refractivity contribution in [3.63, 3.8) is 0 Å². The Balaban J connectivity index is 2.01. The summed E-state index contributed by atoms with van der Waals surface area (Å²) < 4.78 is 5.44. The number of anilines is 1. The molecule has 0 aliphatic rings. The molecule has 0 heterocycles. The van der Waals surface area contributed by atoms with Gasteiger partial charge in [-0.2, -0.15) is 0 Å². The van der Waals surface area contributed by atoms with E-state index in [0.717, 1.165) is 48.4 Å². The number of ether oxygens (including phenoxy) is 1. The summed E-state index contributed by atoms with van der Waals surface area (Å²) in [7, 11) is 0. The Labute approximate surface area is 273 Å². The van der Waals surface area contributed by atoms with Crippen LogP contribution in [0.15, 0.2) is 66.7 Å². The Morgan fingerprint density at radius 3 is 2.17 bits per heavy atom. The third-order valence-electron chi connectivity index (χ3n) is 7.67. The second-order valence-electron chi connectivity index (χ2n) is 12.9. The maximum absolute atomic E-state index is 14.5. The van der Waals surface area contributed by atoms with Crippen LogP contribution in [-0.2, 0) is 19.1 Å². The molecule has 46 heavy (non-hydrogen) atoms. The lowest BCUT2D eigenvalue weighted by atomic mass is 9.99. The quantitative estimate of drug-likeness (QED) is 0.144. The second kappa shape index (κ2) is 17.3. The van der Waals surface area contributed by atoms with Gasteiger partial charge in [-0.25, -0.2) is 4.79 Å². The maximum atomic E-state index is 14.5. The van der Waals surface area contributed by atoms with Gasteiger partial charge in [0.2, 0.25) is 11.8 Å². The number of nitrogens with two attached hydrogens (primary N) is 1. The van der Waals surface area contributed by atoms with Crippen LogP contribution in [0.3, 0.4) is 0 Å². The van der Waals surface area contributed by atoms with Gasteiger partial charge >= 0.3 is 6.09 Å². The first-order valence-corrected chi connectivity index (χ1v) is 16.3. The number of amides is 4. The van der Waals surface area contributed by atoms with E-state index in [0.29, 0.717) is 17.7 Å². The summed E-state index contributed by atoms with van der Waals surface area (Å²) in [4.78, 5) is 54.9. The molecule has 2 unspecified atom stereocenters. The van der Waals surface area contributed by atoms with Crippen LogP contribution < -0.4 is 16.4 Å². The number of fused-ring (bicyclic) bond motifs is 1. The number of nitrogens with one attached hydrogen (secondary N) is 2. The SMILES string of the molecule is CCCCCCCCN(C(=O)C(CCC(N)=O)NC(=O)OC(C)(C)C)C(C(=O)Nc1ccc2ccccc2c1)c1ccc(C)cc1. The summed E-state index contributed by atoms with van der Waals surface area (Å²) in [5.41, 5.74) is 6.90. The Kier molecular flexibility index (Phi) is 13.6. The summed E-state index contributed by atoms with van der Waals surface area (Å²) in [5.74, 6) is -1.47. The summed E-state index contributed by atoms with van der Waals surface area (Å²) in [6.45, 7) is 9.56. The highest BCUT2D eigenvalue weighted by Crippen LogP contribution is 2.27. The minimum atomic E-state index is -1.14. The van der Waals surface area contributed by atoms with Gasteiger partial charge in [0.15, 0.2) is 0 Å². The highest BCUT2D eigenvalue weighted by molar-refractivity contribution is 6.00. The van der Waals surface area contributed by atoms with Crippen molar-refractivity contribution < 1.29 is 23.9 Å². The zero-order chi connectivity index (χ0) is 33.7. The summed E-state index contributed by atoms with van der Waals surface area (Å²) in [6, 6.07) is 18.9. The molecule has 0 saturated heterocycles. The van der Waals surface area contributed by atoms with E-state index in [4.69, 9.17) is 10.5 Å². The highest BCUT2D eigenvalue weighted by atomic mass is 16.6. The van der Waals surface area contributed by atoms with E-state index >= 15 is 0 Å². The Morgan fingerprint density at radius 2 is 1.52 bits per heavy atom. The molecule has 0 saturated carbocycles. The van der Waals surface area contributed by atoms with Gasteiger partial charge < -0.3 is 26.0 Å². The molecule has 0 radical (unpaired) electrons. The van der Waals surface area contributed by atoms with Crippen molar-refractivity contribution in [1.29, 1.82) is 0 Å². The summed E-state index contributed by atoms with van der Waals surface area (Å²) in [5, 5.41) is 7.72. The van der Waals surface area contributed by atoms with E-state index in [9.17, 15) is 19.2 Å². The number of benzene rings is 3. The van der Waals surface area contributed by atoms with Crippen molar-refractivity contribution in [3.8, 4) is 0 Å². The second-order valence-corrected chi connectivity index (χ2v) is 12.9. The normalized spacial score (nSPS) is 12.6. The molecule has 4 N–H and O–H groups in total. The summed E-state index contributed by atoms with van der Waals surface area (Å²) >= 11 is 0. The molecule has 4 amide bonds. The van der Waals surface area contributed by atoms with Crippen molar-refractivity contribution in [1.82, 2.24) is 10.2 Å². The Hall–Kier alpha value is -4.40. The largest absolute Gasteiger partial charge is 0.444 e. The average Bonchev–Trinajstić information content (AvgIpc) is 2.99. The monoisotopic (exact) mass is 630 g/mol. The van der Waals surface area contributed by atoms with Gasteiger partial charge in [-0.1, -0.05) is 99.2 Å². The molecular weight excluding hydrogens is 580 g/mol. The van der Waals surface area contributed by atoms with Crippen LogP contribution in [-0.4, -0.2) is 46.9 Å². The predicted molar refractivity (Wildman–Crippen MR) is 183 cm³/mol. The fourth-order valence-electron chi connectivity index (χ4n) is 5.32. The molecule has 9 heteroatoms. The van der Waals surface area contributed by atoms with E-state index in [1.807, 2.05) is 73.7 Å². The Morgan fingerprint density at radius 1 is 0.870 bits per heavy atom. The van der Waals surface area contributed by atoms with E-state index in [2.05, 4.69) is 17.6 Å². The van der Waals surface area contributed by atoms with Gasteiger partial charge in [0, 0.05) is 18.7 Å².